The van der Waals surface area contributed by atoms with E-state index in [9.17, 15) is 14.4 Å². The smallest absolute Gasteiger partial charge is 0.238 e. The minimum atomic E-state index is -0.254. The van der Waals surface area contributed by atoms with Crippen LogP contribution in [0.2, 0.25) is 0 Å². The van der Waals surface area contributed by atoms with Gasteiger partial charge in [-0.1, -0.05) is 12.2 Å². The van der Waals surface area contributed by atoms with E-state index in [2.05, 4.69) is 12.2 Å². The zero-order valence-corrected chi connectivity index (χ0v) is 14.2. The summed E-state index contributed by atoms with van der Waals surface area (Å²) in [6.45, 7) is 1.47. The van der Waals surface area contributed by atoms with Crippen molar-refractivity contribution in [1.29, 1.82) is 0 Å². The highest BCUT2D eigenvalue weighted by molar-refractivity contribution is 6.24. The van der Waals surface area contributed by atoms with Gasteiger partial charge in [0.05, 0.1) is 24.6 Å². The van der Waals surface area contributed by atoms with Gasteiger partial charge >= 0.3 is 0 Å². The minimum Gasteiger partial charge on any atom is -0.495 e. The highest BCUT2D eigenvalue weighted by Crippen LogP contribution is 2.73. The number of methoxy groups -OCH3 is 1. The van der Waals surface area contributed by atoms with Crippen LogP contribution in [0.3, 0.4) is 0 Å². The molecule has 1 aromatic rings. The number of allylic oxidation sites excluding steroid dienone is 2. The number of fused-ring (bicyclic) bond motifs is 3. The molecule has 1 saturated heterocycles. The first kappa shape index (κ1) is 14.9. The first-order chi connectivity index (χ1) is 12.0. The maximum atomic E-state index is 13.2. The van der Waals surface area contributed by atoms with Crippen LogP contribution in [0.25, 0.3) is 0 Å². The van der Waals surface area contributed by atoms with Gasteiger partial charge < -0.3 is 4.74 Å². The standard InChI is InChI=1S/C20H19NO4/c1-10(22)11-3-6-15(25-2)14(9-11)21-18(23)16-12-4-5-13(17(16)19(21)24)20(12)7-8-20/h3-6,9,12-13,16-17H,7-8H2,1-2H3/t12-,13+,16+,17-. The lowest BCUT2D eigenvalue weighted by Crippen LogP contribution is -2.35. The molecule has 0 N–H and O–H groups in total. The highest BCUT2D eigenvalue weighted by atomic mass is 16.5. The van der Waals surface area contributed by atoms with Crippen molar-refractivity contribution in [3.05, 3.63) is 35.9 Å². The first-order valence-electron chi connectivity index (χ1n) is 8.75. The Balaban J connectivity index is 1.59. The summed E-state index contributed by atoms with van der Waals surface area (Å²) in [7, 11) is 1.50. The van der Waals surface area contributed by atoms with Crippen molar-refractivity contribution >= 4 is 23.3 Å². The predicted molar refractivity (Wildman–Crippen MR) is 90.3 cm³/mol. The normalized spacial score (nSPS) is 33.3. The van der Waals surface area contributed by atoms with E-state index < -0.39 is 0 Å². The molecule has 1 spiro atoms. The fourth-order valence-corrected chi connectivity index (χ4v) is 5.40. The number of hydrogen-bond donors (Lipinski definition) is 0. The van der Waals surface area contributed by atoms with E-state index in [0.717, 1.165) is 12.8 Å². The summed E-state index contributed by atoms with van der Waals surface area (Å²) in [5.41, 5.74) is 1.04. The lowest BCUT2D eigenvalue weighted by atomic mass is 9.85. The molecule has 5 nitrogen and oxygen atoms in total. The molecule has 0 unspecified atom stereocenters. The van der Waals surface area contributed by atoms with Crippen molar-refractivity contribution in [2.75, 3.05) is 12.0 Å². The van der Waals surface area contributed by atoms with E-state index in [1.54, 1.807) is 18.2 Å². The third-order valence-corrected chi connectivity index (χ3v) is 6.68. The molecule has 2 saturated carbocycles. The summed E-state index contributed by atoms with van der Waals surface area (Å²) in [4.78, 5) is 39.4. The van der Waals surface area contributed by atoms with Crippen LogP contribution in [0.5, 0.6) is 5.75 Å². The predicted octanol–water partition coefficient (Wildman–Crippen LogP) is 2.60. The Morgan fingerprint density at radius 2 is 1.72 bits per heavy atom. The molecule has 1 aromatic carbocycles. The quantitative estimate of drug-likeness (QED) is 0.483. The second-order valence-corrected chi connectivity index (χ2v) is 7.68. The average Bonchev–Trinajstić information content (AvgIpc) is 3.19. The molecule has 1 aliphatic heterocycles. The number of anilines is 1. The molecular formula is C20H19NO4. The molecule has 0 aromatic heterocycles. The van der Waals surface area contributed by atoms with Crippen molar-refractivity contribution < 1.29 is 19.1 Å². The van der Waals surface area contributed by atoms with Crippen LogP contribution in [0.4, 0.5) is 5.69 Å². The first-order valence-corrected chi connectivity index (χ1v) is 8.75. The van der Waals surface area contributed by atoms with Gasteiger partial charge in [0.15, 0.2) is 5.78 Å². The Morgan fingerprint density at radius 1 is 1.12 bits per heavy atom. The number of amides is 2. The molecule has 2 amide bonds. The highest BCUT2D eigenvalue weighted by Gasteiger charge is 2.73. The molecule has 0 radical (unpaired) electrons. The number of ether oxygens (including phenoxy) is 1. The molecule has 1 heterocycles. The van der Waals surface area contributed by atoms with Crippen molar-refractivity contribution in [1.82, 2.24) is 0 Å². The monoisotopic (exact) mass is 337 g/mol. The lowest BCUT2D eigenvalue weighted by molar-refractivity contribution is -0.123. The van der Waals surface area contributed by atoms with Gasteiger partial charge in [-0.2, -0.15) is 0 Å². The fourth-order valence-electron chi connectivity index (χ4n) is 5.40. The summed E-state index contributed by atoms with van der Waals surface area (Å²) in [6.07, 6.45) is 6.53. The summed E-state index contributed by atoms with van der Waals surface area (Å²) in [6, 6.07) is 4.90. The van der Waals surface area contributed by atoms with Gasteiger partial charge in [0, 0.05) is 5.56 Å². The van der Waals surface area contributed by atoms with Gasteiger partial charge in [-0.3, -0.25) is 14.4 Å². The number of carbonyl (C=O) groups excluding carboxylic acids is 3. The van der Waals surface area contributed by atoms with Crippen LogP contribution in [-0.2, 0) is 9.59 Å². The van der Waals surface area contributed by atoms with Crippen molar-refractivity contribution in [3.8, 4) is 5.75 Å². The van der Waals surface area contributed by atoms with Crippen LogP contribution in [-0.4, -0.2) is 24.7 Å². The van der Waals surface area contributed by atoms with Gasteiger partial charge in [-0.05, 0) is 55.2 Å². The Hall–Kier alpha value is -2.43. The Labute approximate surface area is 145 Å². The molecule has 128 valence electrons. The summed E-state index contributed by atoms with van der Waals surface area (Å²) in [5, 5.41) is 0. The molecule has 5 heteroatoms. The van der Waals surface area contributed by atoms with E-state index in [0.29, 0.717) is 17.0 Å². The number of ketones is 1. The summed E-state index contributed by atoms with van der Waals surface area (Å²) >= 11 is 0. The third-order valence-electron chi connectivity index (χ3n) is 6.68. The maximum absolute atomic E-state index is 13.2. The number of hydrogen-bond acceptors (Lipinski definition) is 4. The van der Waals surface area contributed by atoms with Gasteiger partial charge in [-0.15, -0.1) is 0 Å². The largest absolute Gasteiger partial charge is 0.495 e. The van der Waals surface area contributed by atoms with Crippen LogP contribution >= 0.6 is 0 Å². The minimum absolute atomic E-state index is 0.109. The van der Waals surface area contributed by atoms with Gasteiger partial charge in [0.1, 0.15) is 5.75 Å². The van der Waals surface area contributed by atoms with Crippen LogP contribution < -0.4 is 9.64 Å². The summed E-state index contributed by atoms with van der Waals surface area (Å²) in [5.74, 6) is -0.0903. The zero-order chi connectivity index (χ0) is 17.5. The molecule has 5 rings (SSSR count). The topological polar surface area (TPSA) is 63.7 Å². The molecule has 2 bridgehead atoms. The second-order valence-electron chi connectivity index (χ2n) is 7.68. The number of Topliss-reactive ketones (excluding diaryl/α,β-unsaturated/α-hetero) is 1. The van der Waals surface area contributed by atoms with Crippen LogP contribution in [0, 0.1) is 29.1 Å². The average molecular weight is 337 g/mol. The molecule has 4 atom stereocenters. The third kappa shape index (κ3) is 1.66. The molecule has 3 aliphatic carbocycles. The molecule has 4 aliphatic rings. The van der Waals surface area contributed by atoms with Gasteiger partial charge in [0.25, 0.3) is 0 Å². The van der Waals surface area contributed by atoms with Crippen LogP contribution in [0.1, 0.15) is 30.1 Å². The molecular weight excluding hydrogens is 318 g/mol. The zero-order valence-electron chi connectivity index (χ0n) is 14.2. The van der Waals surface area contributed by atoms with E-state index in [1.165, 1.54) is 18.9 Å². The molecule has 25 heavy (non-hydrogen) atoms. The van der Waals surface area contributed by atoms with Crippen molar-refractivity contribution in [3.63, 3.8) is 0 Å². The number of rotatable bonds is 3. The van der Waals surface area contributed by atoms with Crippen molar-refractivity contribution in [2.24, 2.45) is 29.1 Å². The molecule has 3 fully saturated rings. The summed E-state index contributed by atoms with van der Waals surface area (Å²) < 4.78 is 5.36. The Bertz CT molecular complexity index is 832. The number of imide groups is 1. The van der Waals surface area contributed by atoms with Gasteiger partial charge in [0.2, 0.25) is 11.8 Å². The van der Waals surface area contributed by atoms with Crippen LogP contribution in [0.15, 0.2) is 30.4 Å². The fraction of sp³-hybridized carbons (Fsp3) is 0.450. The lowest BCUT2D eigenvalue weighted by Gasteiger charge is -2.23. The Kier molecular flexibility index (Phi) is 2.73. The number of benzene rings is 1. The number of carbonyl (C=O) groups is 3. The van der Waals surface area contributed by atoms with E-state index in [1.807, 2.05) is 0 Å². The van der Waals surface area contributed by atoms with E-state index >= 15 is 0 Å². The number of nitrogens with zero attached hydrogens (tertiary/aromatic N) is 1. The SMILES string of the molecule is COc1ccc(C(C)=O)cc1N1C(=O)[C@@H]2[C@H](C1=O)[C@@H]1C=C[C@H]2C12CC2. The Morgan fingerprint density at radius 3 is 2.20 bits per heavy atom. The maximum Gasteiger partial charge on any atom is 0.238 e. The van der Waals surface area contributed by atoms with Crippen molar-refractivity contribution in [2.45, 2.75) is 19.8 Å². The van der Waals surface area contributed by atoms with E-state index in [-0.39, 0.29) is 46.7 Å². The van der Waals surface area contributed by atoms with Gasteiger partial charge in [-0.25, -0.2) is 4.90 Å². The van der Waals surface area contributed by atoms with E-state index in [4.69, 9.17) is 4.74 Å². The second kappa shape index (κ2) is 4.59.